The minimum Gasteiger partial charge on any atom is -0.461 e. The number of esters is 3. The molecule has 33 heavy (non-hydrogen) atoms. The number of fused-ring (bicyclic) bond motifs is 4. The average molecular weight is 463 g/mol. The number of epoxide rings is 1. The first-order chi connectivity index (χ1) is 15.6. The zero-order chi connectivity index (χ0) is 24.1. The number of allylic oxidation sites excluding steroid dienone is 1. The molecule has 2 saturated heterocycles. The van der Waals surface area contributed by atoms with Gasteiger partial charge in [0, 0.05) is 16.9 Å². The van der Waals surface area contributed by atoms with E-state index in [0.29, 0.717) is 37.9 Å². The van der Waals surface area contributed by atoms with Gasteiger partial charge in [-0.15, -0.1) is 0 Å². The highest BCUT2D eigenvalue weighted by molar-refractivity contribution is 5.91. The Hall–Kier alpha value is -2.19. The van der Waals surface area contributed by atoms with Crippen molar-refractivity contribution < 1.29 is 38.4 Å². The van der Waals surface area contributed by atoms with Gasteiger partial charge in [0.1, 0.15) is 18.3 Å². The van der Waals surface area contributed by atoms with E-state index in [1.807, 2.05) is 20.8 Å². The fourth-order valence-electron chi connectivity index (χ4n) is 6.11. The van der Waals surface area contributed by atoms with Gasteiger partial charge >= 0.3 is 17.9 Å². The van der Waals surface area contributed by atoms with Crippen LogP contribution in [-0.2, 0) is 33.3 Å². The standard InChI is InChI=1S/C25H34O8/c1-6-13(3)21(27)31-16-10-24(5)17(32-23(29)15(7-2)11-26)8-9-25(12-30-25)20(24)19-18(16)14(4)22(28)33-19/h7,13,16-20,26H,4,6,8-12H2,1-3,5H3. The van der Waals surface area contributed by atoms with Gasteiger partial charge in [-0.1, -0.05) is 33.4 Å². The molecule has 2 aliphatic carbocycles. The summed E-state index contributed by atoms with van der Waals surface area (Å²) >= 11 is 0. The molecule has 2 saturated carbocycles. The number of hydrogen-bond acceptors (Lipinski definition) is 8. The molecule has 0 aromatic heterocycles. The molecule has 8 atom stereocenters. The van der Waals surface area contributed by atoms with Crippen molar-refractivity contribution in [3.8, 4) is 0 Å². The minimum atomic E-state index is -0.662. The van der Waals surface area contributed by atoms with E-state index in [4.69, 9.17) is 18.9 Å². The van der Waals surface area contributed by atoms with E-state index in [9.17, 15) is 19.5 Å². The van der Waals surface area contributed by atoms with E-state index in [0.717, 1.165) is 0 Å². The Kier molecular flexibility index (Phi) is 6.20. The van der Waals surface area contributed by atoms with Crippen LogP contribution in [0.15, 0.2) is 23.8 Å². The van der Waals surface area contributed by atoms with Crippen LogP contribution in [0.25, 0.3) is 0 Å². The predicted octanol–water partition coefficient (Wildman–Crippen LogP) is 2.48. The van der Waals surface area contributed by atoms with E-state index in [1.165, 1.54) is 6.08 Å². The van der Waals surface area contributed by atoms with Crippen molar-refractivity contribution in [2.24, 2.45) is 23.2 Å². The molecule has 0 aromatic rings. The number of aliphatic hydroxyl groups excluding tert-OH is 1. The first kappa shape index (κ1) is 24.0. The van der Waals surface area contributed by atoms with Crippen molar-refractivity contribution in [3.63, 3.8) is 0 Å². The molecule has 4 aliphatic rings. The normalized spacial score (nSPS) is 40.5. The number of ether oxygens (including phenoxy) is 4. The van der Waals surface area contributed by atoms with Crippen LogP contribution < -0.4 is 0 Å². The maximum atomic E-state index is 12.7. The molecular weight excluding hydrogens is 428 g/mol. The predicted molar refractivity (Wildman–Crippen MR) is 117 cm³/mol. The Balaban J connectivity index is 1.70. The topological polar surface area (TPSA) is 112 Å². The summed E-state index contributed by atoms with van der Waals surface area (Å²) in [5, 5.41) is 9.50. The molecule has 0 aromatic carbocycles. The van der Waals surface area contributed by atoms with Crippen LogP contribution in [0.2, 0.25) is 0 Å². The van der Waals surface area contributed by atoms with Crippen LogP contribution >= 0.6 is 0 Å². The first-order valence-electron chi connectivity index (χ1n) is 11.8. The summed E-state index contributed by atoms with van der Waals surface area (Å²) in [6.07, 6.45) is 2.11. The summed E-state index contributed by atoms with van der Waals surface area (Å²) in [6.45, 7) is 11.5. The van der Waals surface area contributed by atoms with Crippen molar-refractivity contribution in [2.75, 3.05) is 13.2 Å². The van der Waals surface area contributed by atoms with Crippen molar-refractivity contribution in [3.05, 3.63) is 23.8 Å². The molecule has 0 bridgehead atoms. The maximum Gasteiger partial charge on any atom is 0.336 e. The number of carbonyl (C=O) groups excluding carboxylic acids is 3. The summed E-state index contributed by atoms with van der Waals surface area (Å²) in [4.78, 5) is 38.0. The molecule has 0 radical (unpaired) electrons. The zero-order valence-electron chi connectivity index (χ0n) is 19.8. The van der Waals surface area contributed by atoms with Gasteiger partial charge in [0.2, 0.25) is 0 Å². The average Bonchev–Trinajstić information content (AvgIpc) is 3.48. The van der Waals surface area contributed by atoms with Gasteiger partial charge in [-0.25, -0.2) is 9.59 Å². The Labute approximate surface area is 194 Å². The lowest BCUT2D eigenvalue weighted by molar-refractivity contribution is -0.210. The van der Waals surface area contributed by atoms with Crippen LogP contribution in [0.4, 0.5) is 0 Å². The maximum absolute atomic E-state index is 12.7. The SMILES string of the molecule is C=C1C(=O)OC2C1C(OC(=O)C(C)CC)CC1(C)C(OC(=O)C(=CC)CO)CCC3(CO3)C21. The largest absolute Gasteiger partial charge is 0.461 e. The molecule has 0 amide bonds. The van der Waals surface area contributed by atoms with Crippen LogP contribution in [0.3, 0.4) is 0 Å². The molecule has 1 N–H and O–H groups in total. The third-order valence-electron chi connectivity index (χ3n) is 8.30. The summed E-state index contributed by atoms with van der Waals surface area (Å²) in [5.41, 5.74) is -0.606. The molecule has 8 unspecified atom stereocenters. The second-order valence-electron chi connectivity index (χ2n) is 10.2. The van der Waals surface area contributed by atoms with Crippen molar-refractivity contribution in [1.82, 2.24) is 0 Å². The molecule has 8 heteroatoms. The monoisotopic (exact) mass is 462 g/mol. The zero-order valence-corrected chi connectivity index (χ0v) is 19.8. The highest BCUT2D eigenvalue weighted by atomic mass is 16.6. The summed E-state index contributed by atoms with van der Waals surface area (Å²) in [6, 6.07) is 0. The number of aliphatic hydroxyl groups is 1. The van der Waals surface area contributed by atoms with Crippen LogP contribution in [-0.4, -0.2) is 60.1 Å². The van der Waals surface area contributed by atoms with Gasteiger partial charge in [0.15, 0.2) is 0 Å². The molecule has 8 nitrogen and oxygen atoms in total. The molecule has 2 heterocycles. The number of rotatable bonds is 6. The van der Waals surface area contributed by atoms with Crippen LogP contribution in [0.1, 0.15) is 53.4 Å². The molecule has 4 fully saturated rings. The lowest BCUT2D eigenvalue weighted by Gasteiger charge is -2.56. The molecule has 2 aliphatic heterocycles. The van der Waals surface area contributed by atoms with E-state index >= 15 is 0 Å². The van der Waals surface area contributed by atoms with Gasteiger partial charge in [-0.2, -0.15) is 0 Å². The Morgan fingerprint density at radius 3 is 2.64 bits per heavy atom. The first-order valence-corrected chi connectivity index (χ1v) is 11.8. The third kappa shape index (κ3) is 3.81. The van der Waals surface area contributed by atoms with Crippen molar-refractivity contribution in [2.45, 2.75) is 77.3 Å². The van der Waals surface area contributed by atoms with E-state index in [1.54, 1.807) is 6.92 Å². The van der Waals surface area contributed by atoms with E-state index < -0.39 is 53.8 Å². The van der Waals surface area contributed by atoms with Gasteiger partial charge in [0.05, 0.1) is 36.2 Å². The molecule has 1 spiro atoms. The minimum absolute atomic E-state index is 0.187. The van der Waals surface area contributed by atoms with Crippen LogP contribution in [0, 0.1) is 23.2 Å². The van der Waals surface area contributed by atoms with Gasteiger partial charge in [-0.05, 0) is 32.6 Å². The fourth-order valence-corrected chi connectivity index (χ4v) is 6.11. The van der Waals surface area contributed by atoms with Gasteiger partial charge in [0.25, 0.3) is 0 Å². The van der Waals surface area contributed by atoms with E-state index in [2.05, 4.69) is 6.58 Å². The third-order valence-corrected chi connectivity index (χ3v) is 8.30. The van der Waals surface area contributed by atoms with Crippen molar-refractivity contribution >= 4 is 17.9 Å². The second kappa shape index (κ2) is 8.55. The number of hydrogen-bond donors (Lipinski definition) is 1. The highest BCUT2D eigenvalue weighted by Gasteiger charge is 2.72. The molecule has 182 valence electrons. The highest BCUT2D eigenvalue weighted by Crippen LogP contribution is 2.64. The Morgan fingerprint density at radius 2 is 2.06 bits per heavy atom. The summed E-state index contributed by atoms with van der Waals surface area (Å²) in [7, 11) is 0. The fraction of sp³-hybridized carbons (Fsp3) is 0.720. The Bertz CT molecular complexity index is 887. The second-order valence-corrected chi connectivity index (χ2v) is 10.2. The smallest absolute Gasteiger partial charge is 0.336 e. The van der Waals surface area contributed by atoms with E-state index in [-0.39, 0.29) is 23.4 Å². The summed E-state index contributed by atoms with van der Waals surface area (Å²) in [5.74, 6) is -2.34. The van der Waals surface area contributed by atoms with Gasteiger partial charge in [-0.3, -0.25) is 4.79 Å². The van der Waals surface area contributed by atoms with Crippen molar-refractivity contribution in [1.29, 1.82) is 0 Å². The molecular formula is C25H34O8. The number of carbonyl (C=O) groups is 3. The Morgan fingerprint density at radius 1 is 1.36 bits per heavy atom. The quantitative estimate of drug-likeness (QED) is 0.277. The van der Waals surface area contributed by atoms with Gasteiger partial charge < -0.3 is 24.1 Å². The summed E-state index contributed by atoms with van der Waals surface area (Å²) < 4.78 is 23.7. The lowest BCUT2D eigenvalue weighted by atomic mass is 9.51. The lowest BCUT2D eigenvalue weighted by Crippen LogP contribution is -2.63. The van der Waals surface area contributed by atoms with Crippen LogP contribution in [0.5, 0.6) is 0 Å². The molecule has 4 rings (SSSR count).